The van der Waals surface area contributed by atoms with Gasteiger partial charge in [0, 0.05) is 18.2 Å². The van der Waals surface area contributed by atoms with Crippen LogP contribution in [0.4, 0.5) is 0 Å². The number of hydrogen-bond acceptors (Lipinski definition) is 2. The topological polar surface area (TPSA) is 32.3 Å². The predicted octanol–water partition coefficient (Wildman–Crippen LogP) is 2.84. The summed E-state index contributed by atoms with van der Waals surface area (Å²) in [6.45, 7) is 4.13. The molecule has 0 aromatic heterocycles. The molecule has 16 heavy (non-hydrogen) atoms. The summed E-state index contributed by atoms with van der Waals surface area (Å²) in [5.74, 6) is 0.405. The van der Waals surface area contributed by atoms with Crippen molar-refractivity contribution in [2.45, 2.75) is 26.3 Å². The summed E-state index contributed by atoms with van der Waals surface area (Å²) in [7, 11) is 0. The van der Waals surface area contributed by atoms with Crippen LogP contribution >= 0.6 is 11.6 Å². The number of aliphatic hydroxyl groups excluding tert-OH is 1. The van der Waals surface area contributed by atoms with Crippen LogP contribution in [0.5, 0.6) is 0 Å². The third kappa shape index (κ3) is 4.97. The van der Waals surface area contributed by atoms with E-state index in [1.165, 1.54) is 0 Å². The van der Waals surface area contributed by atoms with Crippen LogP contribution in [0.25, 0.3) is 0 Å². The van der Waals surface area contributed by atoms with Crippen molar-refractivity contribution in [3.8, 4) is 0 Å². The Morgan fingerprint density at radius 2 is 2.12 bits per heavy atom. The maximum atomic E-state index is 8.87. The number of nitrogens with one attached hydrogen (secondary N) is 1. The van der Waals surface area contributed by atoms with Gasteiger partial charge in [0.2, 0.25) is 0 Å². The zero-order valence-corrected chi connectivity index (χ0v) is 10.5. The minimum atomic E-state index is 0.282. The number of benzene rings is 1. The molecule has 1 aromatic rings. The molecule has 0 amide bonds. The van der Waals surface area contributed by atoms with E-state index >= 15 is 0 Å². The van der Waals surface area contributed by atoms with E-state index < -0.39 is 0 Å². The number of aliphatic hydroxyl groups is 1. The first kappa shape index (κ1) is 13.5. The lowest BCUT2D eigenvalue weighted by Crippen LogP contribution is -2.16. The summed E-state index contributed by atoms with van der Waals surface area (Å²) in [6.07, 6.45) is 2.15. The Morgan fingerprint density at radius 3 is 2.81 bits per heavy atom. The van der Waals surface area contributed by atoms with Crippen LogP contribution < -0.4 is 5.32 Å². The minimum absolute atomic E-state index is 0.282. The molecule has 0 saturated carbocycles. The van der Waals surface area contributed by atoms with Gasteiger partial charge in [0.25, 0.3) is 0 Å². The molecule has 3 heteroatoms. The van der Waals surface area contributed by atoms with Crippen LogP contribution in [-0.4, -0.2) is 18.3 Å². The Labute approximate surface area is 103 Å². The third-order valence-electron chi connectivity index (χ3n) is 2.64. The molecule has 0 bridgehead atoms. The van der Waals surface area contributed by atoms with Gasteiger partial charge >= 0.3 is 0 Å². The van der Waals surface area contributed by atoms with E-state index in [1.54, 1.807) is 0 Å². The van der Waals surface area contributed by atoms with Gasteiger partial charge in [-0.1, -0.05) is 36.7 Å². The highest BCUT2D eigenvalue weighted by atomic mass is 35.5. The van der Waals surface area contributed by atoms with Gasteiger partial charge < -0.3 is 10.4 Å². The molecule has 0 spiro atoms. The maximum absolute atomic E-state index is 8.87. The van der Waals surface area contributed by atoms with Crippen LogP contribution in [0.15, 0.2) is 24.3 Å². The molecule has 1 unspecified atom stereocenters. The van der Waals surface area contributed by atoms with Gasteiger partial charge in [-0.2, -0.15) is 0 Å². The zero-order chi connectivity index (χ0) is 11.8. The van der Waals surface area contributed by atoms with Crippen molar-refractivity contribution in [1.29, 1.82) is 0 Å². The van der Waals surface area contributed by atoms with Crippen molar-refractivity contribution in [3.63, 3.8) is 0 Å². The Hall–Kier alpha value is -0.570. The molecule has 2 nitrogen and oxygen atoms in total. The van der Waals surface area contributed by atoms with E-state index in [4.69, 9.17) is 16.7 Å². The first-order chi connectivity index (χ1) is 7.74. The molecule has 0 saturated heterocycles. The fourth-order valence-electron chi connectivity index (χ4n) is 1.53. The highest BCUT2D eigenvalue weighted by molar-refractivity contribution is 6.31. The number of rotatable bonds is 7. The van der Waals surface area contributed by atoms with E-state index in [1.807, 2.05) is 24.3 Å². The van der Waals surface area contributed by atoms with Gasteiger partial charge in [0.05, 0.1) is 0 Å². The lowest BCUT2D eigenvalue weighted by molar-refractivity contribution is 0.228. The molecule has 1 aromatic carbocycles. The summed E-state index contributed by atoms with van der Waals surface area (Å²) < 4.78 is 0. The van der Waals surface area contributed by atoms with Gasteiger partial charge in [-0.3, -0.25) is 0 Å². The molecule has 0 aliphatic heterocycles. The Balaban J connectivity index is 2.14. The van der Waals surface area contributed by atoms with Crippen molar-refractivity contribution in [2.75, 3.05) is 13.2 Å². The lowest BCUT2D eigenvalue weighted by atomic mass is 10.1. The van der Waals surface area contributed by atoms with Gasteiger partial charge in [-0.25, -0.2) is 0 Å². The highest BCUT2D eigenvalue weighted by Crippen LogP contribution is 2.14. The highest BCUT2D eigenvalue weighted by Gasteiger charge is 2.00. The molecule has 2 N–H and O–H groups in total. The average Bonchev–Trinajstić information content (AvgIpc) is 2.30. The maximum Gasteiger partial charge on any atom is 0.0456 e. The Bertz CT molecular complexity index is 304. The summed E-state index contributed by atoms with van der Waals surface area (Å²) in [6, 6.07) is 7.88. The Kier molecular flexibility index (Phi) is 6.46. The van der Waals surface area contributed by atoms with E-state index in [0.29, 0.717) is 5.92 Å². The summed E-state index contributed by atoms with van der Waals surface area (Å²) in [4.78, 5) is 0. The van der Waals surface area contributed by atoms with Crippen LogP contribution in [0.3, 0.4) is 0 Å². The van der Waals surface area contributed by atoms with Crippen LogP contribution in [-0.2, 0) is 6.54 Å². The fraction of sp³-hybridized carbons (Fsp3) is 0.538. The molecule has 1 atom stereocenters. The molecule has 1 rings (SSSR count). The number of halogens is 1. The second-order valence-corrected chi connectivity index (χ2v) is 4.61. The van der Waals surface area contributed by atoms with Crippen molar-refractivity contribution in [1.82, 2.24) is 5.32 Å². The van der Waals surface area contributed by atoms with Gasteiger partial charge in [0.15, 0.2) is 0 Å². The average molecular weight is 242 g/mol. The second-order valence-electron chi connectivity index (χ2n) is 4.20. The summed E-state index contributed by atoms with van der Waals surface area (Å²) in [5, 5.41) is 13.0. The zero-order valence-electron chi connectivity index (χ0n) is 9.75. The largest absolute Gasteiger partial charge is 0.396 e. The molecular weight excluding hydrogens is 222 g/mol. The monoisotopic (exact) mass is 241 g/mol. The quantitative estimate of drug-likeness (QED) is 0.720. The predicted molar refractivity (Wildman–Crippen MR) is 68.6 cm³/mol. The smallest absolute Gasteiger partial charge is 0.0456 e. The van der Waals surface area contributed by atoms with Crippen molar-refractivity contribution >= 4 is 11.6 Å². The first-order valence-electron chi connectivity index (χ1n) is 5.79. The molecular formula is C13H20ClNO. The van der Waals surface area contributed by atoms with Crippen LogP contribution in [0.1, 0.15) is 25.3 Å². The van der Waals surface area contributed by atoms with E-state index in [-0.39, 0.29) is 6.61 Å². The Morgan fingerprint density at radius 1 is 1.38 bits per heavy atom. The van der Waals surface area contributed by atoms with E-state index in [0.717, 1.165) is 36.5 Å². The molecule has 0 aliphatic carbocycles. The summed E-state index contributed by atoms with van der Waals surface area (Å²) >= 11 is 6.04. The second kappa shape index (κ2) is 7.66. The fourth-order valence-corrected chi connectivity index (χ4v) is 1.73. The minimum Gasteiger partial charge on any atom is -0.396 e. The van der Waals surface area contributed by atoms with Crippen LogP contribution in [0.2, 0.25) is 5.02 Å². The molecule has 0 fully saturated rings. The van der Waals surface area contributed by atoms with Crippen molar-refractivity contribution in [2.24, 2.45) is 5.92 Å². The molecule has 0 aliphatic rings. The molecule has 0 radical (unpaired) electrons. The normalized spacial score (nSPS) is 12.7. The third-order valence-corrected chi connectivity index (χ3v) is 3.00. The summed E-state index contributed by atoms with van der Waals surface area (Å²) in [5.41, 5.74) is 1.14. The SMILES string of the molecule is CC(CO)CCCNCc1ccccc1Cl. The van der Waals surface area contributed by atoms with E-state index in [2.05, 4.69) is 12.2 Å². The molecule has 90 valence electrons. The first-order valence-corrected chi connectivity index (χ1v) is 6.17. The van der Waals surface area contributed by atoms with E-state index in [9.17, 15) is 0 Å². The van der Waals surface area contributed by atoms with Crippen molar-refractivity contribution in [3.05, 3.63) is 34.9 Å². The molecule has 0 heterocycles. The standard InChI is InChI=1S/C13H20ClNO/c1-11(10-16)5-4-8-15-9-12-6-2-3-7-13(12)14/h2-3,6-7,11,15-16H,4-5,8-10H2,1H3. The number of hydrogen-bond donors (Lipinski definition) is 2. The van der Waals surface area contributed by atoms with Gasteiger partial charge in [0.1, 0.15) is 0 Å². The van der Waals surface area contributed by atoms with Crippen molar-refractivity contribution < 1.29 is 5.11 Å². The van der Waals surface area contributed by atoms with Gasteiger partial charge in [-0.15, -0.1) is 0 Å². The van der Waals surface area contributed by atoms with Gasteiger partial charge in [-0.05, 0) is 36.9 Å². The van der Waals surface area contributed by atoms with Crippen LogP contribution in [0, 0.1) is 5.92 Å². The lowest BCUT2D eigenvalue weighted by Gasteiger charge is -2.09.